The van der Waals surface area contributed by atoms with E-state index in [0.717, 1.165) is 41.5 Å². The fraction of sp³-hybridized carbons (Fsp3) is 0.409. The molecule has 0 N–H and O–H groups in total. The minimum atomic E-state index is -0.112. The van der Waals surface area contributed by atoms with E-state index in [4.69, 9.17) is 21.2 Å². The molecule has 0 saturated heterocycles. The Kier molecular flexibility index (Phi) is 6.39. The largest absolute Gasteiger partial charge is 0.493 e. The number of ether oxygens (including phenoxy) is 1. The summed E-state index contributed by atoms with van der Waals surface area (Å²) in [5.74, 6) is 1.85. The molecule has 0 spiro atoms. The van der Waals surface area contributed by atoms with Crippen molar-refractivity contribution >= 4 is 40.3 Å². The zero-order valence-corrected chi connectivity index (χ0v) is 18.6. The Labute approximate surface area is 185 Å². The van der Waals surface area contributed by atoms with Crippen LogP contribution in [0.15, 0.2) is 40.5 Å². The van der Waals surface area contributed by atoms with Crippen molar-refractivity contribution in [2.24, 2.45) is 10.1 Å². The van der Waals surface area contributed by atoms with E-state index < -0.39 is 0 Å². The highest BCUT2D eigenvalue weighted by molar-refractivity contribution is 7.18. The number of benzene rings is 1. The number of nitrogens with zero attached hydrogens (tertiary/aromatic N) is 3. The molecule has 2 aliphatic rings. The smallest absolute Gasteiger partial charge is 0.172 e. The monoisotopic (exact) mass is 445 g/mol. The number of aliphatic imine (C=N–C) groups is 1. The Morgan fingerprint density at radius 3 is 2.93 bits per heavy atom. The lowest BCUT2D eigenvalue weighted by molar-refractivity contribution is 0.0720. The molecule has 0 fully saturated rings. The van der Waals surface area contributed by atoms with Crippen molar-refractivity contribution in [3.63, 3.8) is 0 Å². The fourth-order valence-corrected chi connectivity index (χ4v) is 4.65. The standard InChI is InChI=1S/C22H24ClN3O3S/c1-3-28-19-12-14(22-24-10-11-26(22)2)4-6-16(19)17-13-15(29-25-17)5-7-18(27)20-8-9-21(23)30-20/h4,6,8-9,12,15H,3,5,7,10-11,13H2,1-2H3. The number of halogens is 1. The minimum Gasteiger partial charge on any atom is -0.493 e. The molecule has 158 valence electrons. The van der Waals surface area contributed by atoms with Crippen LogP contribution in [0.25, 0.3) is 0 Å². The van der Waals surface area contributed by atoms with Gasteiger partial charge in [0.15, 0.2) is 5.78 Å². The van der Waals surface area contributed by atoms with Gasteiger partial charge < -0.3 is 14.5 Å². The first-order chi connectivity index (χ1) is 14.5. The van der Waals surface area contributed by atoms with E-state index in [2.05, 4.69) is 21.1 Å². The summed E-state index contributed by atoms with van der Waals surface area (Å²) in [5, 5.41) is 4.29. The van der Waals surface area contributed by atoms with Gasteiger partial charge in [-0.05, 0) is 37.6 Å². The lowest BCUT2D eigenvalue weighted by Crippen LogP contribution is -2.23. The van der Waals surface area contributed by atoms with E-state index in [-0.39, 0.29) is 11.9 Å². The molecule has 30 heavy (non-hydrogen) atoms. The molecule has 1 unspecified atom stereocenters. The normalized spacial score (nSPS) is 18.2. The van der Waals surface area contributed by atoms with Crippen molar-refractivity contribution < 1.29 is 14.4 Å². The molecule has 0 amide bonds. The van der Waals surface area contributed by atoms with Gasteiger partial charge in [0, 0.05) is 37.6 Å². The van der Waals surface area contributed by atoms with Crippen LogP contribution in [0, 0.1) is 0 Å². The van der Waals surface area contributed by atoms with E-state index in [1.807, 2.05) is 26.1 Å². The maximum atomic E-state index is 12.3. The molecule has 1 atom stereocenters. The van der Waals surface area contributed by atoms with Gasteiger partial charge in [0.25, 0.3) is 0 Å². The molecule has 2 aliphatic heterocycles. The second-order valence-corrected chi connectivity index (χ2v) is 9.02. The zero-order valence-electron chi connectivity index (χ0n) is 17.1. The van der Waals surface area contributed by atoms with Crippen molar-refractivity contribution in [1.29, 1.82) is 0 Å². The highest BCUT2D eigenvalue weighted by Gasteiger charge is 2.26. The topological polar surface area (TPSA) is 63.5 Å². The number of likely N-dealkylation sites (N-methyl/N-ethyl adjacent to an activating group) is 1. The Morgan fingerprint density at radius 2 is 2.23 bits per heavy atom. The Bertz CT molecular complexity index is 1000. The van der Waals surface area contributed by atoms with Gasteiger partial charge in [0.1, 0.15) is 17.7 Å². The van der Waals surface area contributed by atoms with Crippen molar-refractivity contribution in [3.8, 4) is 5.75 Å². The van der Waals surface area contributed by atoms with Gasteiger partial charge in [-0.15, -0.1) is 11.3 Å². The van der Waals surface area contributed by atoms with Crippen molar-refractivity contribution in [2.45, 2.75) is 32.3 Å². The predicted molar refractivity (Wildman–Crippen MR) is 121 cm³/mol. The average molecular weight is 446 g/mol. The highest BCUT2D eigenvalue weighted by atomic mass is 35.5. The summed E-state index contributed by atoms with van der Waals surface area (Å²) in [5.41, 5.74) is 2.82. The van der Waals surface area contributed by atoms with Crippen LogP contribution in [-0.2, 0) is 4.84 Å². The van der Waals surface area contributed by atoms with Gasteiger partial charge in [0.2, 0.25) is 0 Å². The first-order valence-corrected chi connectivity index (χ1v) is 11.3. The van der Waals surface area contributed by atoms with Gasteiger partial charge in [-0.1, -0.05) is 22.8 Å². The van der Waals surface area contributed by atoms with Crippen LogP contribution >= 0.6 is 22.9 Å². The third-order valence-corrected chi connectivity index (χ3v) is 6.46. The SMILES string of the molecule is CCOc1cc(C2=NCCN2C)ccc1C1=NOC(CCC(=O)c2ccc(Cl)s2)C1. The number of carbonyl (C=O) groups excluding carboxylic acids is 1. The van der Waals surface area contributed by atoms with Crippen LogP contribution in [0.5, 0.6) is 5.75 Å². The number of oxime groups is 1. The summed E-state index contributed by atoms with van der Waals surface area (Å²) in [6.45, 7) is 4.28. The van der Waals surface area contributed by atoms with Gasteiger partial charge >= 0.3 is 0 Å². The predicted octanol–water partition coefficient (Wildman–Crippen LogP) is 4.65. The van der Waals surface area contributed by atoms with E-state index >= 15 is 0 Å². The van der Waals surface area contributed by atoms with E-state index in [9.17, 15) is 4.79 Å². The highest BCUT2D eigenvalue weighted by Crippen LogP contribution is 2.29. The Morgan fingerprint density at radius 1 is 1.37 bits per heavy atom. The zero-order chi connectivity index (χ0) is 21.1. The van der Waals surface area contributed by atoms with Gasteiger partial charge in [-0.3, -0.25) is 9.79 Å². The fourth-order valence-electron chi connectivity index (χ4n) is 3.64. The Balaban J connectivity index is 1.42. The second-order valence-electron chi connectivity index (χ2n) is 7.31. The third-order valence-electron chi connectivity index (χ3n) is 5.18. The Hall–Kier alpha value is -2.38. The second kappa shape index (κ2) is 9.18. The molecular weight excluding hydrogens is 422 g/mol. The van der Waals surface area contributed by atoms with Crippen LogP contribution in [-0.4, -0.2) is 55.1 Å². The number of hydrogen-bond donors (Lipinski definition) is 0. The molecule has 2 aromatic rings. The number of thiophene rings is 1. The number of rotatable bonds is 8. The molecule has 3 heterocycles. The van der Waals surface area contributed by atoms with Crippen LogP contribution < -0.4 is 4.74 Å². The van der Waals surface area contributed by atoms with Crippen molar-refractivity contribution in [3.05, 3.63) is 50.7 Å². The average Bonchev–Trinajstić information content (AvgIpc) is 3.47. The lowest BCUT2D eigenvalue weighted by atomic mass is 9.99. The molecule has 1 aromatic carbocycles. The van der Waals surface area contributed by atoms with Gasteiger partial charge in [0.05, 0.1) is 28.1 Å². The van der Waals surface area contributed by atoms with Crippen LogP contribution in [0.4, 0.5) is 0 Å². The molecule has 4 rings (SSSR count). The maximum Gasteiger partial charge on any atom is 0.172 e. The minimum absolute atomic E-state index is 0.0877. The molecule has 0 radical (unpaired) electrons. The number of hydrogen-bond acceptors (Lipinski definition) is 7. The molecular formula is C22H24ClN3O3S. The molecule has 6 nitrogen and oxygen atoms in total. The molecule has 0 aliphatic carbocycles. The van der Waals surface area contributed by atoms with Crippen LogP contribution in [0.2, 0.25) is 4.34 Å². The van der Waals surface area contributed by atoms with E-state index in [0.29, 0.717) is 35.1 Å². The van der Waals surface area contributed by atoms with Crippen LogP contribution in [0.3, 0.4) is 0 Å². The van der Waals surface area contributed by atoms with Crippen LogP contribution in [0.1, 0.15) is 47.0 Å². The first-order valence-electron chi connectivity index (χ1n) is 10.1. The summed E-state index contributed by atoms with van der Waals surface area (Å²) >= 11 is 7.23. The molecule has 0 saturated carbocycles. The number of amidine groups is 1. The van der Waals surface area contributed by atoms with Gasteiger partial charge in [-0.25, -0.2) is 0 Å². The lowest BCUT2D eigenvalue weighted by Gasteiger charge is -2.16. The summed E-state index contributed by atoms with van der Waals surface area (Å²) in [4.78, 5) is 25.4. The number of Topliss-reactive ketones (excluding diaryl/α,β-unsaturated/α-hetero) is 1. The van der Waals surface area contributed by atoms with E-state index in [1.165, 1.54) is 11.3 Å². The van der Waals surface area contributed by atoms with Gasteiger partial charge in [-0.2, -0.15) is 0 Å². The van der Waals surface area contributed by atoms with E-state index in [1.54, 1.807) is 12.1 Å². The third kappa shape index (κ3) is 4.52. The number of ketones is 1. The number of carbonyl (C=O) groups is 1. The maximum absolute atomic E-state index is 12.3. The summed E-state index contributed by atoms with van der Waals surface area (Å²) in [6.07, 6.45) is 1.57. The van der Waals surface area contributed by atoms with Crippen molar-refractivity contribution in [2.75, 3.05) is 26.7 Å². The first kappa shape index (κ1) is 20.9. The summed E-state index contributed by atoms with van der Waals surface area (Å²) in [7, 11) is 2.05. The molecule has 0 bridgehead atoms. The summed E-state index contributed by atoms with van der Waals surface area (Å²) < 4.78 is 6.53. The summed E-state index contributed by atoms with van der Waals surface area (Å²) in [6, 6.07) is 9.63. The molecule has 1 aromatic heterocycles. The quantitative estimate of drug-likeness (QED) is 0.555. The molecule has 8 heteroatoms. The van der Waals surface area contributed by atoms with Crippen molar-refractivity contribution in [1.82, 2.24) is 4.90 Å².